The zero-order valence-electron chi connectivity index (χ0n) is 14.7. The molecule has 2 heterocycles. The topological polar surface area (TPSA) is 90.3 Å². The van der Waals surface area contributed by atoms with E-state index in [1.54, 1.807) is 6.26 Å². The second kappa shape index (κ2) is 6.98. The quantitative estimate of drug-likeness (QED) is 0.669. The van der Waals surface area contributed by atoms with Crippen LogP contribution in [-0.2, 0) is 16.3 Å². The van der Waals surface area contributed by atoms with Crippen molar-refractivity contribution in [3.63, 3.8) is 0 Å². The highest BCUT2D eigenvalue weighted by molar-refractivity contribution is 7.99. The first kappa shape index (κ1) is 18.8. The third-order valence-electron chi connectivity index (χ3n) is 4.22. The van der Waals surface area contributed by atoms with Crippen LogP contribution in [0.2, 0.25) is 0 Å². The van der Waals surface area contributed by atoms with E-state index in [4.69, 9.17) is 5.73 Å². The number of benzene rings is 1. The number of rotatable bonds is 5. The smallest absolute Gasteiger partial charge is 0.213 e. The number of thioether (sulfide) groups is 1. The van der Waals surface area contributed by atoms with Gasteiger partial charge in [0, 0.05) is 11.4 Å². The van der Waals surface area contributed by atoms with Crippen molar-refractivity contribution in [1.82, 2.24) is 14.6 Å². The molecule has 6 nitrogen and oxygen atoms in total. The first-order chi connectivity index (χ1) is 12.3. The van der Waals surface area contributed by atoms with Gasteiger partial charge in [0.15, 0.2) is 10.5 Å². The summed E-state index contributed by atoms with van der Waals surface area (Å²) in [7, 11) is -3.98. The Labute approximate surface area is 155 Å². The summed E-state index contributed by atoms with van der Waals surface area (Å²) in [5.41, 5.74) is 8.38. The van der Waals surface area contributed by atoms with Crippen molar-refractivity contribution in [2.75, 3.05) is 12.8 Å². The van der Waals surface area contributed by atoms with E-state index in [9.17, 15) is 12.8 Å². The van der Waals surface area contributed by atoms with Crippen LogP contribution in [0.25, 0.3) is 5.65 Å². The average molecular weight is 394 g/mol. The summed E-state index contributed by atoms with van der Waals surface area (Å²) in [6.07, 6.45) is 2.37. The number of aromatic nitrogens is 3. The van der Waals surface area contributed by atoms with E-state index in [0.29, 0.717) is 23.7 Å². The molecule has 2 aromatic heterocycles. The third kappa shape index (κ3) is 3.00. The number of hydrogen-bond acceptors (Lipinski definition) is 6. The van der Waals surface area contributed by atoms with Crippen LogP contribution in [0.1, 0.15) is 17.0 Å². The molecule has 0 saturated heterocycles. The van der Waals surface area contributed by atoms with Gasteiger partial charge in [0.2, 0.25) is 9.84 Å². The number of hydrogen-bond donors (Lipinski definition) is 1. The number of halogens is 1. The minimum absolute atomic E-state index is 0.00102. The lowest BCUT2D eigenvalue weighted by molar-refractivity contribution is 0.589. The van der Waals surface area contributed by atoms with Crippen molar-refractivity contribution in [3.8, 4) is 0 Å². The van der Waals surface area contributed by atoms with Gasteiger partial charge in [0.25, 0.3) is 0 Å². The van der Waals surface area contributed by atoms with E-state index in [2.05, 4.69) is 10.1 Å². The predicted octanol–water partition coefficient (Wildman–Crippen LogP) is 2.54. The molecule has 0 fully saturated rings. The molecule has 0 saturated carbocycles. The van der Waals surface area contributed by atoms with Crippen LogP contribution in [0.15, 0.2) is 39.1 Å². The van der Waals surface area contributed by atoms with E-state index in [0.717, 1.165) is 17.3 Å². The van der Waals surface area contributed by atoms with Crippen molar-refractivity contribution >= 4 is 27.2 Å². The molecule has 0 aliphatic rings. The second-order valence-electron chi connectivity index (χ2n) is 5.83. The summed E-state index contributed by atoms with van der Waals surface area (Å²) in [5.74, 6) is -0.612. The molecule has 3 rings (SSSR count). The van der Waals surface area contributed by atoms with Crippen molar-refractivity contribution < 1.29 is 12.8 Å². The summed E-state index contributed by atoms with van der Waals surface area (Å²) >= 11 is 1.21. The molecule has 0 bridgehead atoms. The van der Waals surface area contributed by atoms with E-state index in [1.807, 2.05) is 13.8 Å². The Morgan fingerprint density at radius 3 is 2.65 bits per heavy atom. The summed E-state index contributed by atoms with van der Waals surface area (Å²) in [5, 5.41) is 4.76. The van der Waals surface area contributed by atoms with Crippen LogP contribution in [0.3, 0.4) is 0 Å². The van der Waals surface area contributed by atoms with Gasteiger partial charge >= 0.3 is 0 Å². The van der Waals surface area contributed by atoms with Gasteiger partial charge in [0.05, 0.1) is 4.90 Å². The molecule has 0 unspecified atom stereocenters. The molecule has 0 aliphatic heterocycles. The van der Waals surface area contributed by atoms with Gasteiger partial charge in [-0.15, -0.1) is 11.8 Å². The van der Waals surface area contributed by atoms with Crippen molar-refractivity contribution in [3.05, 3.63) is 47.0 Å². The van der Waals surface area contributed by atoms with Crippen LogP contribution in [0.4, 0.5) is 4.39 Å². The highest BCUT2D eigenvalue weighted by Gasteiger charge is 2.30. The molecule has 2 N–H and O–H groups in total. The maximum Gasteiger partial charge on any atom is 0.213 e. The average Bonchev–Trinajstić information content (AvgIpc) is 2.98. The van der Waals surface area contributed by atoms with Crippen LogP contribution < -0.4 is 5.73 Å². The number of aryl methyl sites for hydroxylation is 2. The lowest BCUT2D eigenvalue weighted by Gasteiger charge is -2.10. The molecule has 0 spiro atoms. The molecule has 1 aromatic carbocycles. The first-order valence-corrected chi connectivity index (χ1v) is 10.7. The van der Waals surface area contributed by atoms with Gasteiger partial charge in [-0.1, -0.05) is 6.07 Å². The summed E-state index contributed by atoms with van der Waals surface area (Å²) in [6, 6.07) is 4.95. The molecular formula is C17H19FN4O2S2. The molecule has 9 heteroatoms. The normalized spacial score (nSPS) is 12.0. The Kier molecular flexibility index (Phi) is 5.05. The minimum Gasteiger partial charge on any atom is -0.330 e. The zero-order valence-corrected chi connectivity index (χ0v) is 16.3. The Balaban J connectivity index is 2.36. The highest BCUT2D eigenvalue weighted by Crippen LogP contribution is 2.33. The predicted molar refractivity (Wildman–Crippen MR) is 98.9 cm³/mol. The number of nitrogens with two attached hydrogens (primary N) is 1. The van der Waals surface area contributed by atoms with E-state index < -0.39 is 15.7 Å². The molecule has 0 amide bonds. The van der Waals surface area contributed by atoms with Gasteiger partial charge in [-0.05, 0) is 56.8 Å². The van der Waals surface area contributed by atoms with Crippen LogP contribution in [-0.4, -0.2) is 35.8 Å². The second-order valence-corrected chi connectivity index (χ2v) is 8.52. The van der Waals surface area contributed by atoms with Gasteiger partial charge in [-0.25, -0.2) is 22.3 Å². The van der Waals surface area contributed by atoms with Crippen LogP contribution >= 0.6 is 11.8 Å². The zero-order chi connectivity index (χ0) is 19.1. The van der Waals surface area contributed by atoms with Gasteiger partial charge in [-0.2, -0.15) is 5.10 Å². The van der Waals surface area contributed by atoms with Crippen molar-refractivity contribution in [2.45, 2.75) is 35.1 Å². The number of nitrogens with zero attached hydrogens (tertiary/aromatic N) is 3. The standard InChI is InChI=1S/C17H19FN4O2S2/c1-10-14(7-8-19)11(2)22-16(20-10)15(17(21-22)25-3)26(23,24)13-6-4-5-12(18)9-13/h4-6,9H,7-8,19H2,1-3H3. The maximum absolute atomic E-state index is 13.6. The highest BCUT2D eigenvalue weighted by atomic mass is 32.2. The fourth-order valence-corrected chi connectivity index (χ4v) is 5.37. The van der Waals surface area contributed by atoms with E-state index in [1.165, 1.54) is 34.5 Å². The summed E-state index contributed by atoms with van der Waals surface area (Å²) in [4.78, 5) is 4.38. The molecular weight excluding hydrogens is 375 g/mol. The Bertz CT molecular complexity index is 1090. The molecule has 0 radical (unpaired) electrons. The van der Waals surface area contributed by atoms with Crippen LogP contribution in [0, 0.1) is 19.7 Å². The van der Waals surface area contributed by atoms with Gasteiger partial charge in [-0.3, -0.25) is 0 Å². The van der Waals surface area contributed by atoms with Crippen LogP contribution in [0.5, 0.6) is 0 Å². The Hall–Kier alpha value is -1.97. The fraction of sp³-hybridized carbons (Fsp3) is 0.294. The fourth-order valence-electron chi connectivity index (χ4n) is 2.95. The first-order valence-electron chi connectivity index (χ1n) is 7.94. The minimum atomic E-state index is -3.98. The Morgan fingerprint density at radius 2 is 2.04 bits per heavy atom. The number of fused-ring (bicyclic) bond motifs is 1. The van der Waals surface area contributed by atoms with Crippen molar-refractivity contribution in [1.29, 1.82) is 0 Å². The SMILES string of the molecule is CSc1nn2c(C)c(CCN)c(C)nc2c1S(=O)(=O)c1cccc(F)c1. The molecule has 3 aromatic rings. The monoisotopic (exact) mass is 394 g/mol. The largest absolute Gasteiger partial charge is 0.330 e. The maximum atomic E-state index is 13.6. The molecule has 0 aliphatic carbocycles. The molecule has 138 valence electrons. The lowest BCUT2D eigenvalue weighted by atomic mass is 10.1. The van der Waals surface area contributed by atoms with E-state index >= 15 is 0 Å². The number of sulfone groups is 1. The molecule has 26 heavy (non-hydrogen) atoms. The summed E-state index contributed by atoms with van der Waals surface area (Å²) in [6.45, 7) is 4.14. The van der Waals surface area contributed by atoms with Crippen molar-refractivity contribution in [2.24, 2.45) is 5.73 Å². The third-order valence-corrected chi connectivity index (χ3v) is 6.81. The van der Waals surface area contributed by atoms with E-state index in [-0.39, 0.29) is 15.4 Å². The Morgan fingerprint density at radius 1 is 1.31 bits per heavy atom. The summed E-state index contributed by atoms with van der Waals surface area (Å²) < 4.78 is 41.5. The molecule has 0 atom stereocenters. The van der Waals surface area contributed by atoms with Gasteiger partial charge < -0.3 is 5.73 Å². The van der Waals surface area contributed by atoms with Gasteiger partial charge in [0.1, 0.15) is 10.8 Å². The lowest BCUT2D eigenvalue weighted by Crippen LogP contribution is -2.11.